The number of nitrogens with one attached hydrogen (secondary N) is 2. The van der Waals surface area contributed by atoms with Gasteiger partial charge in [0, 0.05) is 37.1 Å². The van der Waals surface area contributed by atoms with Crippen molar-refractivity contribution in [1.82, 2.24) is 15.2 Å². The van der Waals surface area contributed by atoms with Gasteiger partial charge < -0.3 is 19.9 Å². The predicted octanol–water partition coefficient (Wildman–Crippen LogP) is 2.32. The first-order chi connectivity index (χ1) is 12.7. The number of carbonyl (C=O) groups is 2. The minimum atomic E-state index is -0.140. The molecule has 0 radical (unpaired) electrons. The van der Waals surface area contributed by atoms with Gasteiger partial charge in [0.1, 0.15) is 5.69 Å². The Hall–Kier alpha value is -2.34. The van der Waals surface area contributed by atoms with Crippen molar-refractivity contribution in [2.45, 2.75) is 31.8 Å². The zero-order valence-electron chi connectivity index (χ0n) is 14.9. The summed E-state index contributed by atoms with van der Waals surface area (Å²) >= 11 is 0. The molecule has 2 aliphatic heterocycles. The van der Waals surface area contributed by atoms with Crippen molar-refractivity contribution in [3.05, 3.63) is 36.0 Å². The lowest BCUT2D eigenvalue weighted by Gasteiger charge is -2.32. The third-order valence-electron chi connectivity index (χ3n) is 5.37. The van der Waals surface area contributed by atoms with Gasteiger partial charge in [0.2, 0.25) is 5.91 Å². The largest absolute Gasteiger partial charge is 0.376 e. The number of amides is 2. The highest BCUT2D eigenvalue weighted by Crippen LogP contribution is 2.21. The number of aromatic amines is 1. The van der Waals surface area contributed by atoms with Crippen LogP contribution in [0.4, 0.5) is 0 Å². The van der Waals surface area contributed by atoms with Crippen molar-refractivity contribution >= 4 is 22.7 Å². The average molecular weight is 355 g/mol. The third-order valence-corrected chi connectivity index (χ3v) is 5.37. The summed E-state index contributed by atoms with van der Waals surface area (Å²) in [5.74, 6) is -0.133. The standard InChI is InChI=1S/C20H25N3O3/c24-19(21-12-16-7-4-10-26-16)15-6-3-9-23(13-15)20(25)18-11-14-5-1-2-8-17(14)22-18/h1-2,5,8,11,15-16,22H,3-4,6-7,9-10,12-13H2,(H,21,24)/t15-,16+/m1/s1. The minimum Gasteiger partial charge on any atom is -0.376 e. The Balaban J connectivity index is 1.37. The molecule has 2 fully saturated rings. The fourth-order valence-corrected chi connectivity index (χ4v) is 3.90. The van der Waals surface area contributed by atoms with Crippen molar-refractivity contribution in [3.8, 4) is 0 Å². The number of nitrogens with zero attached hydrogens (tertiary/aromatic N) is 1. The monoisotopic (exact) mass is 355 g/mol. The van der Waals surface area contributed by atoms with Crippen LogP contribution in [0.5, 0.6) is 0 Å². The molecule has 0 bridgehead atoms. The summed E-state index contributed by atoms with van der Waals surface area (Å²) in [6, 6.07) is 9.74. The maximum Gasteiger partial charge on any atom is 0.270 e. The number of hydrogen-bond acceptors (Lipinski definition) is 3. The first-order valence-electron chi connectivity index (χ1n) is 9.47. The molecule has 138 valence electrons. The summed E-state index contributed by atoms with van der Waals surface area (Å²) in [7, 11) is 0. The first kappa shape index (κ1) is 17.1. The van der Waals surface area contributed by atoms with E-state index in [1.54, 1.807) is 4.90 Å². The number of ether oxygens (including phenoxy) is 1. The second-order valence-electron chi connectivity index (χ2n) is 7.24. The van der Waals surface area contributed by atoms with Crippen molar-refractivity contribution in [1.29, 1.82) is 0 Å². The highest BCUT2D eigenvalue weighted by Gasteiger charge is 2.30. The first-order valence-corrected chi connectivity index (χ1v) is 9.47. The fourth-order valence-electron chi connectivity index (χ4n) is 3.90. The van der Waals surface area contributed by atoms with Crippen LogP contribution in [0.15, 0.2) is 30.3 Å². The van der Waals surface area contributed by atoms with Crippen molar-refractivity contribution in [2.75, 3.05) is 26.2 Å². The Bertz CT molecular complexity index is 761. The number of piperidine rings is 1. The third kappa shape index (κ3) is 3.60. The van der Waals surface area contributed by atoms with Gasteiger partial charge in [-0.2, -0.15) is 0 Å². The van der Waals surface area contributed by atoms with Gasteiger partial charge in [-0.1, -0.05) is 18.2 Å². The molecule has 3 heterocycles. The van der Waals surface area contributed by atoms with Crippen LogP contribution in [0.2, 0.25) is 0 Å². The van der Waals surface area contributed by atoms with E-state index < -0.39 is 0 Å². The Morgan fingerprint density at radius 3 is 2.92 bits per heavy atom. The maximum atomic E-state index is 12.8. The van der Waals surface area contributed by atoms with Gasteiger partial charge in [-0.25, -0.2) is 0 Å². The lowest BCUT2D eigenvalue weighted by molar-refractivity contribution is -0.126. The topological polar surface area (TPSA) is 74.4 Å². The Labute approximate surface area is 152 Å². The van der Waals surface area contributed by atoms with Crippen LogP contribution in [-0.4, -0.2) is 54.0 Å². The van der Waals surface area contributed by atoms with Crippen molar-refractivity contribution in [3.63, 3.8) is 0 Å². The van der Waals surface area contributed by atoms with Gasteiger partial charge in [0.15, 0.2) is 0 Å². The molecule has 1 aromatic heterocycles. The molecule has 4 rings (SSSR count). The normalized spacial score (nSPS) is 23.3. The van der Waals surface area contributed by atoms with Crippen LogP contribution in [0.3, 0.4) is 0 Å². The summed E-state index contributed by atoms with van der Waals surface area (Å²) in [4.78, 5) is 30.3. The van der Waals surface area contributed by atoms with Crippen LogP contribution in [0.25, 0.3) is 10.9 Å². The van der Waals surface area contributed by atoms with E-state index in [4.69, 9.17) is 4.74 Å². The lowest BCUT2D eigenvalue weighted by atomic mass is 9.96. The Kier molecular flexibility index (Phi) is 4.93. The lowest BCUT2D eigenvalue weighted by Crippen LogP contribution is -2.46. The Morgan fingerprint density at radius 1 is 1.23 bits per heavy atom. The minimum absolute atomic E-state index is 0.0298. The molecule has 2 N–H and O–H groups in total. The van der Waals surface area contributed by atoms with Crippen molar-refractivity contribution < 1.29 is 14.3 Å². The van der Waals surface area contributed by atoms with Gasteiger partial charge >= 0.3 is 0 Å². The van der Waals surface area contributed by atoms with E-state index in [-0.39, 0.29) is 23.8 Å². The zero-order valence-corrected chi connectivity index (χ0v) is 14.9. The second kappa shape index (κ2) is 7.50. The number of likely N-dealkylation sites (tertiary alicyclic amines) is 1. The van der Waals surface area contributed by atoms with E-state index in [9.17, 15) is 9.59 Å². The van der Waals surface area contributed by atoms with E-state index in [0.717, 1.165) is 43.2 Å². The Morgan fingerprint density at radius 2 is 2.12 bits per heavy atom. The predicted molar refractivity (Wildman–Crippen MR) is 98.9 cm³/mol. The van der Waals surface area contributed by atoms with Crippen LogP contribution in [0, 0.1) is 5.92 Å². The maximum absolute atomic E-state index is 12.8. The number of carbonyl (C=O) groups excluding carboxylic acids is 2. The molecule has 0 unspecified atom stereocenters. The van der Waals surface area contributed by atoms with Gasteiger partial charge in [0.05, 0.1) is 12.0 Å². The van der Waals surface area contributed by atoms with Gasteiger partial charge in [-0.3, -0.25) is 9.59 Å². The SMILES string of the molecule is O=C(NC[C@@H]1CCCO1)[C@@H]1CCCN(C(=O)c2cc3ccccc3[nH]2)C1. The molecule has 2 aliphatic rings. The number of para-hydroxylation sites is 1. The molecule has 2 atom stereocenters. The highest BCUT2D eigenvalue weighted by atomic mass is 16.5. The molecule has 1 aromatic carbocycles. The molecule has 2 aromatic rings. The second-order valence-corrected chi connectivity index (χ2v) is 7.24. The molecule has 2 saturated heterocycles. The summed E-state index contributed by atoms with van der Waals surface area (Å²) in [5.41, 5.74) is 1.55. The number of hydrogen-bond donors (Lipinski definition) is 2. The zero-order chi connectivity index (χ0) is 17.9. The molecule has 6 heteroatoms. The smallest absolute Gasteiger partial charge is 0.270 e. The van der Waals surface area contributed by atoms with Gasteiger partial charge in [0.25, 0.3) is 5.91 Å². The molecule has 0 saturated carbocycles. The van der Waals surface area contributed by atoms with E-state index in [1.165, 1.54) is 0 Å². The molecule has 6 nitrogen and oxygen atoms in total. The summed E-state index contributed by atoms with van der Waals surface area (Å²) < 4.78 is 5.55. The van der Waals surface area contributed by atoms with Crippen molar-refractivity contribution in [2.24, 2.45) is 5.92 Å². The number of benzene rings is 1. The summed E-state index contributed by atoms with van der Waals surface area (Å²) in [5, 5.41) is 4.03. The molecule has 2 amide bonds. The molecular formula is C20H25N3O3. The van der Waals surface area contributed by atoms with Crippen LogP contribution in [0.1, 0.15) is 36.2 Å². The summed E-state index contributed by atoms with van der Waals surface area (Å²) in [6.45, 7) is 2.54. The quantitative estimate of drug-likeness (QED) is 0.884. The number of fused-ring (bicyclic) bond motifs is 1. The van der Waals surface area contributed by atoms with E-state index in [2.05, 4.69) is 10.3 Å². The molecule has 0 spiro atoms. The number of rotatable bonds is 4. The number of aromatic nitrogens is 1. The fraction of sp³-hybridized carbons (Fsp3) is 0.500. The van der Waals surface area contributed by atoms with Crippen LogP contribution < -0.4 is 5.32 Å². The van der Waals surface area contributed by atoms with Crippen LogP contribution >= 0.6 is 0 Å². The average Bonchev–Trinajstić information content (AvgIpc) is 3.35. The van der Waals surface area contributed by atoms with Gasteiger partial charge in [-0.05, 0) is 37.8 Å². The van der Waals surface area contributed by atoms with E-state index in [1.807, 2.05) is 30.3 Å². The summed E-state index contributed by atoms with van der Waals surface area (Å²) in [6.07, 6.45) is 3.90. The van der Waals surface area contributed by atoms with Crippen LogP contribution in [-0.2, 0) is 9.53 Å². The molecule has 0 aliphatic carbocycles. The van der Waals surface area contributed by atoms with E-state index in [0.29, 0.717) is 25.3 Å². The molecular weight excluding hydrogens is 330 g/mol. The number of H-pyrrole nitrogens is 1. The van der Waals surface area contributed by atoms with Gasteiger partial charge in [-0.15, -0.1) is 0 Å². The molecule has 26 heavy (non-hydrogen) atoms. The van der Waals surface area contributed by atoms with E-state index >= 15 is 0 Å². The highest BCUT2D eigenvalue weighted by molar-refractivity contribution is 5.98.